The van der Waals surface area contributed by atoms with Gasteiger partial charge in [-0.05, 0) is 31.0 Å². The Balaban J connectivity index is 2.05. The molecule has 0 unspecified atom stereocenters. The first kappa shape index (κ1) is 15.0. The van der Waals surface area contributed by atoms with E-state index < -0.39 is 5.82 Å². The van der Waals surface area contributed by atoms with Gasteiger partial charge in [0.15, 0.2) is 5.82 Å². The molecule has 0 aliphatic carbocycles. The number of carbonyl (C=O) groups is 1. The van der Waals surface area contributed by atoms with Crippen LogP contribution in [0, 0.1) is 11.7 Å². The summed E-state index contributed by atoms with van der Waals surface area (Å²) in [5.41, 5.74) is 0.652. The highest BCUT2D eigenvalue weighted by Crippen LogP contribution is 2.17. The summed E-state index contributed by atoms with van der Waals surface area (Å²) in [5, 5.41) is 9.26. The van der Waals surface area contributed by atoms with Gasteiger partial charge in [-0.25, -0.2) is 18.9 Å². The van der Waals surface area contributed by atoms with Crippen molar-refractivity contribution in [1.82, 2.24) is 20.1 Å². The molecule has 2 aromatic rings. The molecule has 1 atom stereocenters. The first-order chi connectivity index (χ1) is 9.97. The van der Waals surface area contributed by atoms with Crippen LogP contribution in [0.3, 0.4) is 0 Å². The lowest BCUT2D eigenvalue weighted by atomic mass is 10.1. The Morgan fingerprint density at radius 2 is 2.10 bits per heavy atom. The van der Waals surface area contributed by atoms with E-state index in [1.54, 1.807) is 6.07 Å². The summed E-state index contributed by atoms with van der Waals surface area (Å²) in [5.74, 6) is -0.169. The molecule has 0 fully saturated rings. The van der Waals surface area contributed by atoms with Crippen molar-refractivity contribution in [1.29, 1.82) is 0 Å². The third kappa shape index (κ3) is 3.77. The topological polar surface area (TPSA) is 71.8 Å². The Morgan fingerprint density at radius 3 is 2.67 bits per heavy atom. The number of aromatic nitrogens is 3. The molecule has 2 N–H and O–H groups in total. The second kappa shape index (κ2) is 6.34. The van der Waals surface area contributed by atoms with Gasteiger partial charge in [0.05, 0.1) is 0 Å². The average molecular weight is 291 g/mol. The number of rotatable bonds is 4. The predicted molar refractivity (Wildman–Crippen MR) is 77.8 cm³/mol. The Kier molecular flexibility index (Phi) is 4.52. The molecule has 0 spiro atoms. The van der Waals surface area contributed by atoms with E-state index in [4.69, 9.17) is 0 Å². The second-order valence-electron chi connectivity index (χ2n) is 5.14. The molecular formula is C14H18FN5O. The number of anilines is 1. The normalized spacial score (nSPS) is 12.2. The standard InChI is InChI=1S/C14H18FN5O/c1-9(2)10(3)18-14(21)19-11-4-5-13(12(15)6-11)20-8-16-7-17-20/h4-10H,1-3H3,(H2,18,19,21)/t10-/m1/s1. The summed E-state index contributed by atoms with van der Waals surface area (Å²) in [7, 11) is 0. The van der Waals surface area contributed by atoms with Crippen LogP contribution in [0.2, 0.25) is 0 Å². The van der Waals surface area contributed by atoms with Gasteiger partial charge in [-0.15, -0.1) is 0 Å². The molecule has 0 saturated heterocycles. The van der Waals surface area contributed by atoms with Crippen molar-refractivity contribution >= 4 is 11.7 Å². The summed E-state index contributed by atoms with van der Waals surface area (Å²) in [4.78, 5) is 15.5. The van der Waals surface area contributed by atoms with Crippen molar-refractivity contribution in [3.05, 3.63) is 36.7 Å². The quantitative estimate of drug-likeness (QED) is 0.909. The third-order valence-corrected chi connectivity index (χ3v) is 3.23. The highest BCUT2D eigenvalue weighted by atomic mass is 19.1. The van der Waals surface area contributed by atoms with Crippen molar-refractivity contribution in [3.63, 3.8) is 0 Å². The number of halogens is 1. The van der Waals surface area contributed by atoms with Gasteiger partial charge in [-0.1, -0.05) is 13.8 Å². The molecule has 112 valence electrons. The molecule has 1 aromatic carbocycles. The number of carbonyl (C=O) groups excluding carboxylic acids is 1. The van der Waals surface area contributed by atoms with Gasteiger partial charge in [0.1, 0.15) is 18.3 Å². The zero-order chi connectivity index (χ0) is 15.4. The number of hydrogen-bond donors (Lipinski definition) is 2. The first-order valence-electron chi connectivity index (χ1n) is 6.69. The molecule has 0 radical (unpaired) electrons. The first-order valence-corrected chi connectivity index (χ1v) is 6.69. The zero-order valence-corrected chi connectivity index (χ0v) is 12.2. The van der Waals surface area contributed by atoms with Gasteiger partial charge in [-0.2, -0.15) is 5.10 Å². The van der Waals surface area contributed by atoms with Crippen molar-refractivity contribution in [2.45, 2.75) is 26.8 Å². The summed E-state index contributed by atoms with van der Waals surface area (Å²) in [6, 6.07) is 4.07. The van der Waals surface area contributed by atoms with E-state index in [0.717, 1.165) is 0 Å². The minimum Gasteiger partial charge on any atom is -0.335 e. The summed E-state index contributed by atoms with van der Waals surface area (Å²) >= 11 is 0. The van der Waals surface area contributed by atoms with E-state index in [1.807, 2.05) is 20.8 Å². The third-order valence-electron chi connectivity index (χ3n) is 3.23. The molecule has 1 heterocycles. The minimum absolute atomic E-state index is 0.0317. The molecular weight excluding hydrogens is 273 g/mol. The summed E-state index contributed by atoms with van der Waals surface area (Å²) < 4.78 is 15.3. The van der Waals surface area contributed by atoms with Crippen LogP contribution in [0.4, 0.5) is 14.9 Å². The number of benzene rings is 1. The fourth-order valence-electron chi connectivity index (χ4n) is 1.64. The maximum atomic E-state index is 14.0. The van der Waals surface area contributed by atoms with Gasteiger partial charge in [0.25, 0.3) is 0 Å². The van der Waals surface area contributed by atoms with Crippen LogP contribution in [0.25, 0.3) is 5.69 Å². The Labute approximate surface area is 122 Å². The van der Waals surface area contributed by atoms with E-state index in [-0.39, 0.29) is 17.8 Å². The van der Waals surface area contributed by atoms with Crippen LogP contribution in [-0.4, -0.2) is 26.8 Å². The van der Waals surface area contributed by atoms with E-state index in [9.17, 15) is 9.18 Å². The lowest BCUT2D eigenvalue weighted by molar-refractivity contribution is 0.246. The zero-order valence-electron chi connectivity index (χ0n) is 12.2. The highest BCUT2D eigenvalue weighted by molar-refractivity contribution is 5.89. The fraction of sp³-hybridized carbons (Fsp3) is 0.357. The monoisotopic (exact) mass is 291 g/mol. The summed E-state index contributed by atoms with van der Waals surface area (Å²) in [6.07, 6.45) is 2.73. The molecule has 2 rings (SSSR count). The molecule has 0 aliphatic heterocycles. The molecule has 0 saturated carbocycles. The van der Waals surface area contributed by atoms with Gasteiger partial charge in [0, 0.05) is 11.7 Å². The number of hydrogen-bond acceptors (Lipinski definition) is 3. The molecule has 0 bridgehead atoms. The van der Waals surface area contributed by atoms with Crippen LogP contribution < -0.4 is 10.6 Å². The lowest BCUT2D eigenvalue weighted by Crippen LogP contribution is -2.39. The Morgan fingerprint density at radius 1 is 1.33 bits per heavy atom. The van der Waals surface area contributed by atoms with Crippen molar-refractivity contribution in [3.8, 4) is 5.69 Å². The number of urea groups is 1. The van der Waals surface area contributed by atoms with Crippen molar-refractivity contribution in [2.24, 2.45) is 5.92 Å². The maximum Gasteiger partial charge on any atom is 0.319 e. The average Bonchev–Trinajstić information content (AvgIpc) is 2.92. The largest absolute Gasteiger partial charge is 0.335 e. The molecule has 2 amide bonds. The van der Waals surface area contributed by atoms with Gasteiger partial charge in [-0.3, -0.25) is 0 Å². The van der Waals surface area contributed by atoms with Crippen LogP contribution in [0.5, 0.6) is 0 Å². The summed E-state index contributed by atoms with van der Waals surface area (Å²) in [6.45, 7) is 5.94. The SMILES string of the molecule is CC(C)[C@@H](C)NC(=O)Nc1ccc(-n2cncn2)c(F)c1. The van der Waals surface area contributed by atoms with E-state index >= 15 is 0 Å². The number of nitrogens with one attached hydrogen (secondary N) is 2. The van der Waals surface area contributed by atoms with E-state index in [1.165, 1.54) is 29.5 Å². The fourth-order valence-corrected chi connectivity index (χ4v) is 1.64. The van der Waals surface area contributed by atoms with E-state index in [0.29, 0.717) is 11.6 Å². The van der Waals surface area contributed by atoms with Crippen molar-refractivity contribution in [2.75, 3.05) is 5.32 Å². The van der Waals surface area contributed by atoms with Crippen LogP contribution in [0.1, 0.15) is 20.8 Å². The van der Waals surface area contributed by atoms with Gasteiger partial charge in [0.2, 0.25) is 0 Å². The van der Waals surface area contributed by atoms with Crippen LogP contribution >= 0.6 is 0 Å². The Bertz CT molecular complexity index is 612. The molecule has 7 heteroatoms. The smallest absolute Gasteiger partial charge is 0.319 e. The molecule has 0 aliphatic rings. The lowest BCUT2D eigenvalue weighted by Gasteiger charge is -2.18. The maximum absolute atomic E-state index is 14.0. The number of amides is 2. The van der Waals surface area contributed by atoms with Gasteiger partial charge >= 0.3 is 6.03 Å². The van der Waals surface area contributed by atoms with E-state index in [2.05, 4.69) is 20.7 Å². The molecule has 1 aromatic heterocycles. The minimum atomic E-state index is -0.491. The van der Waals surface area contributed by atoms with Gasteiger partial charge < -0.3 is 10.6 Å². The molecule has 6 nitrogen and oxygen atoms in total. The second-order valence-corrected chi connectivity index (χ2v) is 5.14. The van der Waals surface area contributed by atoms with Crippen LogP contribution in [-0.2, 0) is 0 Å². The van der Waals surface area contributed by atoms with Crippen LogP contribution in [0.15, 0.2) is 30.9 Å². The molecule has 21 heavy (non-hydrogen) atoms. The predicted octanol–water partition coefficient (Wildman–Crippen LogP) is 2.57. The highest BCUT2D eigenvalue weighted by Gasteiger charge is 2.12. The van der Waals surface area contributed by atoms with Crippen molar-refractivity contribution < 1.29 is 9.18 Å². The number of nitrogens with zero attached hydrogens (tertiary/aromatic N) is 3. The Hall–Kier alpha value is -2.44.